The minimum atomic E-state index is -3.74. The van der Waals surface area contributed by atoms with Crippen LogP contribution >= 0.6 is 12.2 Å². The zero-order chi connectivity index (χ0) is 19.0. The van der Waals surface area contributed by atoms with E-state index < -0.39 is 15.9 Å². The molecule has 0 aromatic heterocycles. The highest BCUT2D eigenvalue weighted by Gasteiger charge is 2.20. The summed E-state index contributed by atoms with van der Waals surface area (Å²) in [6.07, 6.45) is 0.960. The van der Waals surface area contributed by atoms with Gasteiger partial charge in [0.25, 0.3) is 15.9 Å². The Labute approximate surface area is 153 Å². The number of sulfonamides is 1. The number of hydrogen-bond donors (Lipinski definition) is 3. The number of amides is 1. The maximum atomic E-state index is 12.1. The van der Waals surface area contributed by atoms with Gasteiger partial charge in [-0.05, 0) is 48.8 Å². The molecular formula is C15H24N4O4S2. The zero-order valence-electron chi connectivity index (χ0n) is 14.7. The van der Waals surface area contributed by atoms with Crippen LogP contribution in [0.25, 0.3) is 0 Å². The van der Waals surface area contributed by atoms with Gasteiger partial charge in [0.05, 0.1) is 12.0 Å². The number of nitrogens with one attached hydrogen (secondary N) is 3. The number of rotatable bonds is 7. The molecule has 0 saturated carbocycles. The molecule has 1 aromatic rings. The topological polar surface area (TPSA) is 99.8 Å². The number of carbonyl (C=O) groups excluding carboxylic acids is 1. The van der Waals surface area contributed by atoms with Crippen molar-refractivity contribution < 1.29 is 18.0 Å². The summed E-state index contributed by atoms with van der Waals surface area (Å²) in [5.41, 5.74) is 5.34. The molecule has 1 amide bonds. The van der Waals surface area contributed by atoms with Gasteiger partial charge in [-0.3, -0.25) is 20.5 Å². The van der Waals surface area contributed by atoms with Crippen LogP contribution in [0.5, 0.6) is 0 Å². The number of thiocarbonyl (C=S) groups is 1. The number of carbonyl (C=O) groups is 1. The summed E-state index contributed by atoms with van der Waals surface area (Å²) in [5, 5.41) is 3.29. The van der Waals surface area contributed by atoms with Gasteiger partial charge in [-0.25, -0.2) is 8.42 Å². The Hall–Kier alpha value is -1.75. The Morgan fingerprint density at radius 3 is 2.36 bits per heavy atom. The van der Waals surface area contributed by atoms with Crippen molar-refractivity contribution in [3.05, 3.63) is 29.8 Å². The number of hydrogen-bond acceptors (Lipinski definition) is 5. The lowest BCUT2D eigenvalue weighted by Crippen LogP contribution is -2.47. The highest BCUT2D eigenvalue weighted by atomic mass is 32.2. The summed E-state index contributed by atoms with van der Waals surface area (Å²) in [6, 6.07) is 5.48. The molecule has 0 aliphatic heterocycles. The van der Waals surface area contributed by atoms with Gasteiger partial charge in [0.2, 0.25) is 0 Å². The maximum Gasteiger partial charge on any atom is 0.269 e. The van der Waals surface area contributed by atoms with Gasteiger partial charge >= 0.3 is 0 Å². The van der Waals surface area contributed by atoms with E-state index in [0.29, 0.717) is 17.6 Å². The smallest absolute Gasteiger partial charge is 0.269 e. The largest absolute Gasteiger partial charge is 0.361 e. The van der Waals surface area contributed by atoms with Crippen LogP contribution in [0, 0.1) is 5.92 Å². The van der Waals surface area contributed by atoms with E-state index in [9.17, 15) is 13.2 Å². The van der Waals surface area contributed by atoms with Crippen LogP contribution in [0.4, 0.5) is 0 Å². The predicted molar refractivity (Wildman–Crippen MR) is 99.1 cm³/mol. The molecule has 0 heterocycles. The normalized spacial score (nSPS) is 11.4. The fourth-order valence-corrected chi connectivity index (χ4v) is 2.86. The molecule has 8 nitrogen and oxygen atoms in total. The third-order valence-electron chi connectivity index (χ3n) is 3.31. The molecule has 25 heavy (non-hydrogen) atoms. The molecule has 0 aliphatic carbocycles. The molecule has 140 valence electrons. The van der Waals surface area contributed by atoms with E-state index in [1.54, 1.807) is 0 Å². The summed E-state index contributed by atoms with van der Waals surface area (Å²) in [6.45, 7) is 4.92. The monoisotopic (exact) mass is 388 g/mol. The SMILES string of the molecule is CON(C)S(=O)(=O)c1ccc(C(=O)NNC(=S)NCCC(C)C)cc1. The fraction of sp³-hybridized carbons (Fsp3) is 0.467. The first-order valence-corrected chi connectivity index (χ1v) is 9.50. The van der Waals surface area contributed by atoms with E-state index in [-0.39, 0.29) is 10.5 Å². The molecule has 0 bridgehead atoms. The standard InChI is InChI=1S/C15H24N4O4S2/c1-11(2)9-10-16-15(24)18-17-14(20)12-5-7-13(8-6-12)25(21,22)19(3)23-4/h5-8,11H,9-10H2,1-4H3,(H,17,20)(H2,16,18,24). The van der Waals surface area contributed by atoms with Crippen LogP contribution in [-0.4, -0.2) is 44.6 Å². The zero-order valence-corrected chi connectivity index (χ0v) is 16.3. The van der Waals surface area contributed by atoms with Gasteiger partial charge in [0.15, 0.2) is 5.11 Å². The number of nitrogens with zero attached hydrogens (tertiary/aromatic N) is 1. The number of benzene rings is 1. The number of hydrazine groups is 1. The summed E-state index contributed by atoms with van der Waals surface area (Å²) in [7, 11) is -1.20. The maximum absolute atomic E-state index is 12.1. The van der Waals surface area contributed by atoms with Crippen molar-refractivity contribution in [2.45, 2.75) is 25.2 Å². The Kier molecular flexibility index (Phi) is 8.23. The molecular weight excluding hydrogens is 364 g/mol. The van der Waals surface area contributed by atoms with Gasteiger partial charge in [0, 0.05) is 19.2 Å². The van der Waals surface area contributed by atoms with Crippen LogP contribution in [0.2, 0.25) is 0 Å². The van der Waals surface area contributed by atoms with E-state index in [2.05, 4.69) is 30.0 Å². The average molecular weight is 389 g/mol. The van der Waals surface area contributed by atoms with Crippen LogP contribution in [0.1, 0.15) is 30.6 Å². The molecule has 1 aromatic carbocycles. The summed E-state index contributed by atoms with van der Waals surface area (Å²) >= 11 is 5.05. The quantitative estimate of drug-likeness (QED) is 0.474. The Bertz CT molecular complexity index is 690. The van der Waals surface area contributed by atoms with E-state index in [1.807, 2.05) is 0 Å². The van der Waals surface area contributed by atoms with Crippen LogP contribution in [-0.2, 0) is 14.9 Å². The molecule has 3 N–H and O–H groups in total. The second-order valence-corrected chi connectivity index (χ2v) is 7.98. The van der Waals surface area contributed by atoms with E-state index in [1.165, 1.54) is 38.4 Å². The average Bonchev–Trinajstić information content (AvgIpc) is 2.58. The second kappa shape index (κ2) is 9.66. The van der Waals surface area contributed by atoms with Crippen LogP contribution in [0.15, 0.2) is 29.2 Å². The third kappa shape index (κ3) is 6.58. The lowest BCUT2D eigenvalue weighted by atomic mass is 10.1. The third-order valence-corrected chi connectivity index (χ3v) is 5.25. The molecule has 0 saturated heterocycles. The first-order chi connectivity index (χ1) is 11.7. The Balaban J connectivity index is 2.59. The summed E-state index contributed by atoms with van der Waals surface area (Å²) in [5.74, 6) is 0.119. The lowest BCUT2D eigenvalue weighted by Gasteiger charge is -2.14. The Morgan fingerprint density at radius 1 is 1.24 bits per heavy atom. The molecule has 0 unspecified atom stereocenters. The van der Waals surface area contributed by atoms with E-state index >= 15 is 0 Å². The van der Waals surface area contributed by atoms with Crippen molar-refractivity contribution >= 4 is 33.3 Å². The van der Waals surface area contributed by atoms with Crippen molar-refractivity contribution in [1.29, 1.82) is 0 Å². The molecule has 0 spiro atoms. The first-order valence-electron chi connectivity index (χ1n) is 7.65. The molecule has 0 fully saturated rings. The second-order valence-electron chi connectivity index (χ2n) is 5.64. The highest BCUT2D eigenvalue weighted by molar-refractivity contribution is 7.89. The number of hydroxylamine groups is 1. The molecule has 1 rings (SSSR count). The van der Waals surface area contributed by atoms with Gasteiger partial charge in [-0.2, -0.15) is 0 Å². The van der Waals surface area contributed by atoms with Gasteiger partial charge in [-0.15, -0.1) is 0 Å². The van der Waals surface area contributed by atoms with Crippen LogP contribution < -0.4 is 16.2 Å². The summed E-state index contributed by atoms with van der Waals surface area (Å²) < 4.78 is 24.9. The highest BCUT2D eigenvalue weighted by Crippen LogP contribution is 2.15. The van der Waals surface area contributed by atoms with Crippen molar-refractivity contribution in [2.24, 2.45) is 5.92 Å². The summed E-state index contributed by atoms with van der Waals surface area (Å²) in [4.78, 5) is 16.8. The molecule has 0 radical (unpaired) electrons. The van der Waals surface area contributed by atoms with Crippen molar-refractivity contribution in [3.63, 3.8) is 0 Å². The first kappa shape index (κ1) is 21.3. The van der Waals surface area contributed by atoms with Crippen molar-refractivity contribution in [3.8, 4) is 0 Å². The van der Waals surface area contributed by atoms with Crippen molar-refractivity contribution in [1.82, 2.24) is 20.6 Å². The van der Waals surface area contributed by atoms with Crippen LogP contribution in [0.3, 0.4) is 0 Å². The minimum Gasteiger partial charge on any atom is -0.361 e. The Morgan fingerprint density at radius 2 is 1.84 bits per heavy atom. The van der Waals surface area contributed by atoms with Crippen molar-refractivity contribution in [2.75, 3.05) is 20.7 Å². The molecule has 10 heteroatoms. The van der Waals surface area contributed by atoms with Gasteiger partial charge < -0.3 is 5.32 Å². The minimum absolute atomic E-state index is 0.0206. The lowest BCUT2D eigenvalue weighted by molar-refractivity contribution is -0.0258. The predicted octanol–water partition coefficient (Wildman–Crippen LogP) is 1.02. The fourth-order valence-electron chi connectivity index (χ4n) is 1.73. The van der Waals surface area contributed by atoms with E-state index in [0.717, 1.165) is 10.9 Å². The van der Waals surface area contributed by atoms with Gasteiger partial charge in [0.1, 0.15) is 0 Å². The van der Waals surface area contributed by atoms with Gasteiger partial charge in [-0.1, -0.05) is 18.3 Å². The molecule has 0 aliphatic rings. The van der Waals surface area contributed by atoms with E-state index in [4.69, 9.17) is 17.1 Å². The molecule has 0 atom stereocenters.